The Balaban J connectivity index is 1.91. The molecule has 2 heterocycles. The third kappa shape index (κ3) is 3.65. The topological polar surface area (TPSA) is 132 Å². The number of fused-ring (bicyclic) bond motifs is 1. The number of nitrogens with one attached hydrogen (secondary N) is 2. The first-order valence-corrected chi connectivity index (χ1v) is 9.17. The van der Waals surface area contributed by atoms with Crippen LogP contribution in [0.1, 0.15) is 23.8 Å². The smallest absolute Gasteiger partial charge is 0.271 e. The Morgan fingerprint density at radius 2 is 2.29 bits per heavy atom. The molecule has 0 spiro atoms. The highest BCUT2D eigenvalue weighted by molar-refractivity contribution is 7.84. The summed E-state index contributed by atoms with van der Waals surface area (Å²) in [7, 11) is 1.64. The number of allylic oxidation sites excluding steroid dienone is 1. The molecule has 28 heavy (non-hydrogen) atoms. The van der Waals surface area contributed by atoms with Gasteiger partial charge < -0.3 is 26.2 Å². The number of aromatic nitrogens is 2. The van der Waals surface area contributed by atoms with E-state index in [0.717, 1.165) is 0 Å². The Hall–Kier alpha value is -2.72. The van der Waals surface area contributed by atoms with Crippen molar-refractivity contribution in [2.24, 2.45) is 12.8 Å². The van der Waals surface area contributed by atoms with Crippen molar-refractivity contribution in [2.75, 3.05) is 19.8 Å². The molecule has 1 unspecified atom stereocenters. The van der Waals surface area contributed by atoms with E-state index in [0.29, 0.717) is 40.2 Å². The number of carbonyl (C=O) groups excluding carboxylic acids is 2. The number of aryl methyl sites for hydroxylation is 1. The van der Waals surface area contributed by atoms with Crippen molar-refractivity contribution >= 4 is 35.3 Å². The second kappa shape index (κ2) is 7.72. The van der Waals surface area contributed by atoms with Gasteiger partial charge in [-0.05, 0) is 31.5 Å². The summed E-state index contributed by atoms with van der Waals surface area (Å²) in [6.07, 6.45) is 0.313. The molecule has 2 aromatic rings. The van der Waals surface area contributed by atoms with E-state index in [1.807, 2.05) is 0 Å². The lowest BCUT2D eigenvalue weighted by molar-refractivity contribution is -0.125. The summed E-state index contributed by atoms with van der Waals surface area (Å²) >= 11 is 4.27. The molecule has 0 bridgehead atoms. The molecule has 0 saturated carbocycles. The fourth-order valence-electron chi connectivity index (χ4n) is 3.06. The van der Waals surface area contributed by atoms with E-state index >= 15 is 0 Å². The number of nitrogens with two attached hydrogens (primary N) is 1. The summed E-state index contributed by atoms with van der Waals surface area (Å²) in [6, 6.07) is 5.18. The number of aliphatic hydroxyl groups is 1. The van der Waals surface area contributed by atoms with Crippen LogP contribution in [0, 0.1) is 0 Å². The van der Waals surface area contributed by atoms with Gasteiger partial charge in [0.1, 0.15) is 23.6 Å². The molecule has 1 saturated heterocycles. The molecule has 3 rings (SSSR count). The molecule has 150 valence electrons. The summed E-state index contributed by atoms with van der Waals surface area (Å²) in [5, 5.41) is 19.9. The molecule has 0 aliphatic carbocycles. The number of carbonyl (C=O) groups is 2. The lowest BCUT2D eigenvalue weighted by Gasteiger charge is -2.24. The fourth-order valence-corrected chi connectivity index (χ4v) is 3.13. The molecule has 1 aliphatic heterocycles. The minimum Gasteiger partial charge on any atom is -0.488 e. The van der Waals surface area contributed by atoms with Gasteiger partial charge in [0, 0.05) is 29.6 Å². The van der Waals surface area contributed by atoms with E-state index in [4.69, 9.17) is 10.5 Å². The van der Waals surface area contributed by atoms with Crippen LogP contribution in [0.25, 0.3) is 10.9 Å². The minimum atomic E-state index is -1.33. The van der Waals surface area contributed by atoms with E-state index in [1.165, 1.54) is 4.68 Å². The predicted octanol–water partition coefficient (Wildman–Crippen LogP) is 0.0529. The Morgan fingerprint density at radius 3 is 2.89 bits per heavy atom. The monoisotopic (exact) mass is 405 g/mol. The number of thiol groups is 1. The number of aliphatic hydroxyl groups excluding tert-OH is 1. The van der Waals surface area contributed by atoms with E-state index in [-0.39, 0.29) is 12.3 Å². The van der Waals surface area contributed by atoms with Crippen molar-refractivity contribution in [3.8, 4) is 5.75 Å². The van der Waals surface area contributed by atoms with Gasteiger partial charge in [0.05, 0.1) is 12.1 Å². The summed E-state index contributed by atoms with van der Waals surface area (Å²) in [4.78, 5) is 25.6. The number of rotatable bonds is 6. The van der Waals surface area contributed by atoms with Gasteiger partial charge in [-0.3, -0.25) is 14.3 Å². The molecular weight excluding hydrogens is 382 g/mol. The predicted molar refractivity (Wildman–Crippen MR) is 107 cm³/mol. The van der Waals surface area contributed by atoms with Gasteiger partial charge in [-0.15, -0.1) is 12.6 Å². The molecule has 1 aromatic carbocycles. The van der Waals surface area contributed by atoms with Crippen molar-refractivity contribution in [1.82, 2.24) is 20.4 Å². The van der Waals surface area contributed by atoms with Crippen molar-refractivity contribution in [3.05, 3.63) is 34.5 Å². The normalized spacial score (nSPS) is 20.1. The van der Waals surface area contributed by atoms with Crippen molar-refractivity contribution < 1.29 is 19.4 Å². The zero-order chi connectivity index (χ0) is 20.5. The molecule has 1 fully saturated rings. The number of nitrogens with zero attached hydrogens (tertiary/aromatic N) is 2. The molecule has 5 N–H and O–H groups in total. The number of ether oxygens (including phenoxy) is 1. The average Bonchev–Trinajstić information content (AvgIpc) is 3.18. The Bertz CT molecular complexity index is 966. The molecule has 2 amide bonds. The van der Waals surface area contributed by atoms with Crippen LogP contribution in [0.4, 0.5) is 0 Å². The van der Waals surface area contributed by atoms with E-state index in [9.17, 15) is 14.7 Å². The highest BCUT2D eigenvalue weighted by Gasteiger charge is 2.43. The highest BCUT2D eigenvalue weighted by atomic mass is 32.1. The zero-order valence-corrected chi connectivity index (χ0v) is 16.5. The van der Waals surface area contributed by atoms with Crippen LogP contribution in [0.15, 0.2) is 28.8 Å². The van der Waals surface area contributed by atoms with Crippen molar-refractivity contribution in [3.63, 3.8) is 0 Å². The summed E-state index contributed by atoms with van der Waals surface area (Å²) in [6.45, 7) is 1.84. The standard InChI is InChI=1S/C18H23N5O4S/c1-10(19)14(28)8-27-11-3-4-13-12(7-11)15(23(2)22-13)16(25)21-18(9-24)5-6-20-17(18)26/h3-4,7,24,28H,5-6,8-9,19H2,1-2H3,(H,20,26)(H,21,25)/b14-10-. The van der Waals surface area contributed by atoms with Gasteiger partial charge >= 0.3 is 0 Å². The van der Waals surface area contributed by atoms with Crippen molar-refractivity contribution in [2.45, 2.75) is 18.9 Å². The quantitative estimate of drug-likeness (QED) is 0.432. The van der Waals surface area contributed by atoms with Gasteiger partial charge in [0.15, 0.2) is 0 Å². The first kappa shape index (κ1) is 20.0. The van der Waals surface area contributed by atoms with Gasteiger partial charge in [0.25, 0.3) is 5.91 Å². The maximum absolute atomic E-state index is 12.9. The SMILES string of the molecule is C/C(N)=C(/S)COc1ccc2nn(C)c(C(=O)NC3(CO)CCNC3=O)c2c1. The second-order valence-electron chi connectivity index (χ2n) is 6.77. The van der Waals surface area contributed by atoms with Gasteiger partial charge in [0.2, 0.25) is 5.91 Å². The van der Waals surface area contributed by atoms with Crippen LogP contribution in [-0.2, 0) is 11.8 Å². The van der Waals surface area contributed by atoms with Gasteiger partial charge in [-0.1, -0.05) is 0 Å². The molecule has 10 heteroatoms. The third-order valence-corrected chi connectivity index (χ3v) is 5.23. The van der Waals surface area contributed by atoms with Gasteiger partial charge in [-0.25, -0.2) is 0 Å². The molecular formula is C18H23N5O4S. The van der Waals surface area contributed by atoms with Crippen LogP contribution >= 0.6 is 12.6 Å². The number of benzene rings is 1. The fraction of sp³-hybridized carbons (Fsp3) is 0.389. The molecule has 1 aliphatic rings. The Morgan fingerprint density at radius 1 is 1.54 bits per heavy atom. The van der Waals surface area contributed by atoms with Crippen LogP contribution in [0.5, 0.6) is 5.75 Å². The van der Waals surface area contributed by atoms with E-state index in [1.54, 1.807) is 32.2 Å². The third-order valence-electron chi connectivity index (χ3n) is 4.75. The number of hydrogen-bond donors (Lipinski definition) is 5. The number of amides is 2. The zero-order valence-electron chi connectivity index (χ0n) is 15.7. The first-order valence-electron chi connectivity index (χ1n) is 8.73. The first-order chi connectivity index (χ1) is 13.3. The van der Waals surface area contributed by atoms with E-state index in [2.05, 4.69) is 28.4 Å². The summed E-state index contributed by atoms with van der Waals surface area (Å²) < 4.78 is 7.13. The maximum Gasteiger partial charge on any atom is 0.271 e. The van der Waals surface area contributed by atoms with Crippen LogP contribution < -0.4 is 21.1 Å². The molecule has 1 atom stereocenters. The molecule has 0 radical (unpaired) electrons. The Labute approximate surface area is 167 Å². The van der Waals surface area contributed by atoms with Gasteiger partial charge in [-0.2, -0.15) is 5.10 Å². The second-order valence-corrected chi connectivity index (χ2v) is 7.31. The lowest BCUT2D eigenvalue weighted by atomic mass is 9.98. The summed E-state index contributed by atoms with van der Waals surface area (Å²) in [5.74, 6) is -0.372. The lowest BCUT2D eigenvalue weighted by Crippen LogP contribution is -2.56. The van der Waals surface area contributed by atoms with Crippen molar-refractivity contribution in [1.29, 1.82) is 0 Å². The van der Waals surface area contributed by atoms with Crippen LogP contribution in [0.3, 0.4) is 0 Å². The number of hydrogen-bond acceptors (Lipinski definition) is 7. The Kier molecular flexibility index (Phi) is 5.52. The minimum absolute atomic E-state index is 0.201. The highest BCUT2D eigenvalue weighted by Crippen LogP contribution is 2.25. The van der Waals surface area contributed by atoms with E-state index < -0.39 is 24.0 Å². The van der Waals surface area contributed by atoms with Crippen LogP contribution in [0.2, 0.25) is 0 Å². The molecule has 9 nitrogen and oxygen atoms in total. The largest absolute Gasteiger partial charge is 0.488 e. The average molecular weight is 405 g/mol. The maximum atomic E-state index is 12.9. The summed E-state index contributed by atoms with van der Waals surface area (Å²) in [5.41, 5.74) is 5.78. The van der Waals surface area contributed by atoms with Crippen LogP contribution in [-0.4, -0.2) is 52.0 Å². The molecule has 1 aromatic heterocycles.